The van der Waals surface area contributed by atoms with Crippen molar-refractivity contribution >= 4 is 39.1 Å². The van der Waals surface area contributed by atoms with Gasteiger partial charge in [-0.05, 0) is 63.1 Å². The molecule has 6 nitrogen and oxygen atoms in total. The molecule has 0 aliphatic heterocycles. The molecule has 0 radical (unpaired) electrons. The molecule has 3 aromatic rings. The van der Waals surface area contributed by atoms with Gasteiger partial charge in [0.15, 0.2) is 0 Å². The molecule has 2 aromatic heterocycles. The van der Waals surface area contributed by atoms with E-state index < -0.39 is 11.7 Å². The van der Waals surface area contributed by atoms with E-state index in [0.717, 1.165) is 10.3 Å². The number of aromatic nitrogens is 2. The molecule has 0 bridgehead atoms. The van der Waals surface area contributed by atoms with E-state index in [0.29, 0.717) is 34.1 Å². The van der Waals surface area contributed by atoms with Crippen LogP contribution in [0.15, 0.2) is 41.3 Å². The Labute approximate surface area is 171 Å². The fourth-order valence-electron chi connectivity index (χ4n) is 2.52. The molecule has 0 saturated carbocycles. The van der Waals surface area contributed by atoms with Gasteiger partial charge in [0, 0.05) is 22.5 Å². The van der Waals surface area contributed by atoms with Gasteiger partial charge in [0.25, 0.3) is 5.56 Å². The van der Waals surface area contributed by atoms with E-state index in [1.807, 2.05) is 32.9 Å². The number of rotatable bonds is 4. The van der Waals surface area contributed by atoms with Crippen LogP contribution < -0.4 is 10.9 Å². The minimum absolute atomic E-state index is 0.306. The van der Waals surface area contributed by atoms with Crippen molar-refractivity contribution < 1.29 is 9.53 Å². The first-order valence-corrected chi connectivity index (χ1v) is 9.93. The van der Waals surface area contributed by atoms with Crippen molar-refractivity contribution in [2.45, 2.75) is 32.8 Å². The van der Waals surface area contributed by atoms with Gasteiger partial charge in [0.2, 0.25) is 0 Å². The van der Waals surface area contributed by atoms with E-state index in [9.17, 15) is 9.59 Å². The molecule has 2 heterocycles. The van der Waals surface area contributed by atoms with Crippen LogP contribution in [0.1, 0.15) is 26.3 Å². The second-order valence-corrected chi connectivity index (χ2v) is 8.66. The van der Waals surface area contributed by atoms with Crippen molar-refractivity contribution in [3.05, 3.63) is 57.5 Å². The molecule has 146 valence electrons. The number of carbonyl (C=O) groups excluding carboxylic acids is 1. The van der Waals surface area contributed by atoms with Crippen molar-refractivity contribution in [3.63, 3.8) is 0 Å². The molecule has 0 fully saturated rings. The van der Waals surface area contributed by atoms with Crippen molar-refractivity contribution in [1.29, 1.82) is 0 Å². The van der Waals surface area contributed by atoms with Crippen LogP contribution in [0.4, 0.5) is 4.79 Å². The summed E-state index contributed by atoms with van der Waals surface area (Å²) in [7, 11) is 0. The first-order valence-electron chi connectivity index (χ1n) is 8.74. The maximum absolute atomic E-state index is 12.3. The van der Waals surface area contributed by atoms with E-state index in [4.69, 9.17) is 16.3 Å². The smallest absolute Gasteiger partial charge is 0.407 e. The Balaban J connectivity index is 1.75. The summed E-state index contributed by atoms with van der Waals surface area (Å²) in [5.41, 5.74) is 0.738. The highest BCUT2D eigenvalue weighted by Gasteiger charge is 2.15. The van der Waals surface area contributed by atoms with Gasteiger partial charge in [0.05, 0.1) is 11.1 Å². The van der Waals surface area contributed by atoms with Crippen molar-refractivity contribution in [2.24, 2.45) is 0 Å². The zero-order valence-corrected chi connectivity index (χ0v) is 17.4. The van der Waals surface area contributed by atoms with Crippen molar-refractivity contribution in [1.82, 2.24) is 15.3 Å². The largest absolute Gasteiger partial charge is 0.444 e. The highest BCUT2D eigenvalue weighted by molar-refractivity contribution is 7.21. The van der Waals surface area contributed by atoms with Gasteiger partial charge in [-0.1, -0.05) is 11.6 Å². The van der Waals surface area contributed by atoms with Gasteiger partial charge < -0.3 is 10.1 Å². The van der Waals surface area contributed by atoms with Crippen LogP contribution >= 0.6 is 22.9 Å². The van der Waals surface area contributed by atoms with E-state index >= 15 is 0 Å². The number of amides is 1. The number of nitrogens with one attached hydrogen (secondary N) is 1. The molecule has 1 amide bonds. The molecule has 3 rings (SSSR count). The number of benzene rings is 1. The molecule has 0 aliphatic carbocycles. The van der Waals surface area contributed by atoms with Crippen LogP contribution in [-0.4, -0.2) is 28.2 Å². The number of halogens is 1. The summed E-state index contributed by atoms with van der Waals surface area (Å²) in [6.45, 7) is 5.88. The Morgan fingerprint density at radius 1 is 1.25 bits per heavy atom. The normalized spacial score (nSPS) is 11.4. The van der Waals surface area contributed by atoms with Gasteiger partial charge in [-0.15, -0.1) is 11.3 Å². The third-order valence-corrected chi connectivity index (χ3v) is 5.00. The topological polar surface area (TPSA) is 81.2 Å². The van der Waals surface area contributed by atoms with Gasteiger partial charge in [-0.3, -0.25) is 9.78 Å². The summed E-state index contributed by atoms with van der Waals surface area (Å²) >= 11 is 7.41. The quantitative estimate of drug-likeness (QED) is 0.678. The molecule has 0 aliphatic rings. The van der Waals surface area contributed by atoms with Crippen LogP contribution in [0.25, 0.3) is 20.8 Å². The molecule has 1 aromatic carbocycles. The zero-order chi connectivity index (χ0) is 20.3. The standard InChI is InChI=1S/C20H20ClN3O3S/c1-20(2,3)27-19(26)23-9-7-12-6-8-22-15(10-12)18-24-17(25)14-5-4-13(21)11-16(14)28-18/h4-6,8,10-11H,7,9H2,1-3H3,(H,23,26). The highest BCUT2D eigenvalue weighted by Crippen LogP contribution is 2.27. The number of carbonyl (C=O) groups is 1. The average Bonchev–Trinajstić information content (AvgIpc) is 2.60. The number of hydrogen-bond acceptors (Lipinski definition) is 6. The Morgan fingerprint density at radius 3 is 2.79 bits per heavy atom. The fourth-order valence-corrected chi connectivity index (χ4v) is 3.76. The molecule has 28 heavy (non-hydrogen) atoms. The number of pyridine rings is 1. The number of fused-ring (bicyclic) bond motifs is 1. The zero-order valence-electron chi connectivity index (χ0n) is 15.8. The summed E-state index contributed by atoms with van der Waals surface area (Å²) < 4.78 is 5.98. The molecule has 8 heteroatoms. The Hall–Kier alpha value is -2.51. The van der Waals surface area contributed by atoms with Crippen molar-refractivity contribution in [3.8, 4) is 10.7 Å². The lowest BCUT2D eigenvalue weighted by atomic mass is 10.1. The van der Waals surface area contributed by atoms with E-state index in [1.54, 1.807) is 24.4 Å². The Bertz CT molecular complexity index is 1080. The van der Waals surface area contributed by atoms with Crippen LogP contribution in [-0.2, 0) is 11.2 Å². The van der Waals surface area contributed by atoms with E-state index in [1.165, 1.54) is 11.3 Å². The minimum Gasteiger partial charge on any atom is -0.444 e. The lowest BCUT2D eigenvalue weighted by Crippen LogP contribution is -2.33. The Kier molecular flexibility index (Phi) is 5.96. The lowest BCUT2D eigenvalue weighted by Gasteiger charge is -2.19. The van der Waals surface area contributed by atoms with Crippen LogP contribution in [0.5, 0.6) is 0 Å². The maximum atomic E-state index is 12.3. The summed E-state index contributed by atoms with van der Waals surface area (Å²) in [6, 6.07) is 8.84. The van der Waals surface area contributed by atoms with Crippen molar-refractivity contribution in [2.75, 3.05) is 6.54 Å². The fraction of sp³-hybridized carbons (Fsp3) is 0.300. The minimum atomic E-state index is -0.532. The first kappa shape index (κ1) is 20.2. The van der Waals surface area contributed by atoms with Gasteiger partial charge >= 0.3 is 6.09 Å². The number of nitrogens with zero attached hydrogens (tertiary/aromatic N) is 2. The monoisotopic (exact) mass is 417 g/mol. The lowest BCUT2D eigenvalue weighted by molar-refractivity contribution is 0.0528. The van der Waals surface area contributed by atoms with Crippen LogP contribution in [0.3, 0.4) is 0 Å². The van der Waals surface area contributed by atoms with Gasteiger partial charge in [-0.2, -0.15) is 4.98 Å². The van der Waals surface area contributed by atoms with Crippen LogP contribution in [0.2, 0.25) is 5.02 Å². The molecular formula is C20H20ClN3O3S. The van der Waals surface area contributed by atoms with E-state index in [2.05, 4.69) is 15.3 Å². The Morgan fingerprint density at radius 2 is 2.04 bits per heavy atom. The first-order chi connectivity index (χ1) is 13.2. The summed E-state index contributed by atoms with van der Waals surface area (Å²) in [5.74, 6) is 0. The number of ether oxygens (including phenoxy) is 1. The third-order valence-electron chi connectivity index (χ3n) is 3.71. The van der Waals surface area contributed by atoms with Gasteiger partial charge in [-0.25, -0.2) is 4.79 Å². The summed E-state index contributed by atoms with van der Waals surface area (Å²) in [4.78, 5) is 32.5. The number of alkyl carbamates (subject to hydrolysis) is 1. The van der Waals surface area contributed by atoms with Gasteiger partial charge in [0.1, 0.15) is 10.6 Å². The molecule has 0 saturated heterocycles. The van der Waals surface area contributed by atoms with Crippen LogP contribution in [0, 0.1) is 0 Å². The molecular weight excluding hydrogens is 398 g/mol. The predicted molar refractivity (Wildman–Crippen MR) is 112 cm³/mol. The average molecular weight is 418 g/mol. The van der Waals surface area contributed by atoms with E-state index in [-0.39, 0.29) is 5.56 Å². The number of hydrogen-bond donors (Lipinski definition) is 1. The molecule has 1 N–H and O–H groups in total. The highest BCUT2D eigenvalue weighted by atomic mass is 35.5. The summed E-state index contributed by atoms with van der Waals surface area (Å²) in [6.07, 6.45) is 1.82. The SMILES string of the molecule is CC(C)(C)OC(=O)NCCc1ccnc(-c2nc(=O)c3ccc(Cl)cc3s2)c1. The summed E-state index contributed by atoms with van der Waals surface area (Å²) in [5, 5.41) is 4.36. The second-order valence-electron chi connectivity index (χ2n) is 7.19. The predicted octanol–water partition coefficient (Wildman–Crippen LogP) is 4.44. The maximum Gasteiger partial charge on any atom is 0.407 e. The molecule has 0 spiro atoms. The second kappa shape index (κ2) is 8.24. The third kappa shape index (κ3) is 5.27. The molecule has 0 unspecified atom stereocenters. The molecule has 0 atom stereocenters.